The van der Waals surface area contributed by atoms with E-state index in [1.165, 1.54) is 24.0 Å². The average molecular weight is 365 g/mol. The van der Waals surface area contributed by atoms with Gasteiger partial charge in [0, 0.05) is 5.69 Å². The number of esters is 1. The van der Waals surface area contributed by atoms with Crippen molar-refractivity contribution in [3.63, 3.8) is 0 Å². The van der Waals surface area contributed by atoms with Crippen LogP contribution in [0.15, 0.2) is 36.4 Å². The first-order valence-corrected chi connectivity index (χ1v) is 9.60. The van der Waals surface area contributed by atoms with Crippen LogP contribution >= 0.6 is 0 Å². The maximum absolute atomic E-state index is 12.3. The van der Waals surface area contributed by atoms with Crippen molar-refractivity contribution in [3.05, 3.63) is 64.2 Å². The number of aryl methyl sites for hydroxylation is 4. The highest BCUT2D eigenvalue weighted by Gasteiger charge is 2.19. The molecule has 2 aromatic carbocycles. The molecule has 0 spiro atoms. The summed E-state index contributed by atoms with van der Waals surface area (Å²) in [5.41, 5.74) is 6.53. The zero-order valence-corrected chi connectivity index (χ0v) is 16.3. The van der Waals surface area contributed by atoms with Gasteiger partial charge in [-0.3, -0.25) is 9.59 Å². The van der Waals surface area contributed by atoms with E-state index in [0.29, 0.717) is 0 Å². The summed E-state index contributed by atoms with van der Waals surface area (Å²) in [6, 6.07) is 12.0. The van der Waals surface area contributed by atoms with Crippen LogP contribution < -0.4 is 5.32 Å². The minimum absolute atomic E-state index is 0.189. The largest absolute Gasteiger partial charge is 0.452 e. The van der Waals surface area contributed by atoms with E-state index in [1.807, 2.05) is 38.1 Å². The van der Waals surface area contributed by atoms with Gasteiger partial charge < -0.3 is 10.1 Å². The number of hydrogen-bond donors (Lipinski definition) is 1. The Morgan fingerprint density at radius 1 is 1.04 bits per heavy atom. The number of carbonyl (C=O) groups excluding carboxylic acids is 2. The summed E-state index contributed by atoms with van der Waals surface area (Å²) in [5.74, 6) is -0.699. The third kappa shape index (κ3) is 4.97. The lowest BCUT2D eigenvalue weighted by molar-refractivity contribution is -0.152. The molecule has 0 fully saturated rings. The molecule has 1 aliphatic carbocycles. The maximum atomic E-state index is 12.3. The first-order chi connectivity index (χ1) is 12.9. The number of carbonyl (C=O) groups is 2. The molecule has 0 heterocycles. The van der Waals surface area contributed by atoms with E-state index in [-0.39, 0.29) is 18.3 Å². The van der Waals surface area contributed by atoms with Crippen LogP contribution in [0, 0.1) is 13.8 Å². The number of hydrogen-bond acceptors (Lipinski definition) is 3. The molecule has 1 amide bonds. The summed E-state index contributed by atoms with van der Waals surface area (Å²) in [7, 11) is 0. The number of rotatable bonds is 5. The van der Waals surface area contributed by atoms with E-state index < -0.39 is 6.10 Å². The van der Waals surface area contributed by atoms with Gasteiger partial charge in [0.1, 0.15) is 0 Å². The van der Waals surface area contributed by atoms with Gasteiger partial charge in [-0.2, -0.15) is 0 Å². The Balaban J connectivity index is 1.56. The molecule has 3 rings (SSSR count). The van der Waals surface area contributed by atoms with Crippen molar-refractivity contribution in [2.75, 3.05) is 5.32 Å². The topological polar surface area (TPSA) is 55.4 Å². The monoisotopic (exact) mass is 365 g/mol. The van der Waals surface area contributed by atoms with Crippen LogP contribution in [-0.2, 0) is 33.6 Å². The summed E-state index contributed by atoms with van der Waals surface area (Å²) in [5, 5.41) is 2.83. The molecule has 0 aliphatic heterocycles. The first kappa shape index (κ1) is 19.2. The van der Waals surface area contributed by atoms with Crippen LogP contribution in [-0.4, -0.2) is 18.0 Å². The van der Waals surface area contributed by atoms with Crippen molar-refractivity contribution in [1.29, 1.82) is 0 Å². The van der Waals surface area contributed by atoms with Crippen molar-refractivity contribution in [1.82, 2.24) is 0 Å². The smallest absolute Gasteiger partial charge is 0.311 e. The molecule has 0 saturated heterocycles. The second-order valence-corrected chi connectivity index (χ2v) is 7.43. The molecule has 0 aromatic heterocycles. The van der Waals surface area contributed by atoms with Gasteiger partial charge in [0.15, 0.2) is 6.10 Å². The van der Waals surface area contributed by atoms with E-state index in [2.05, 4.69) is 17.4 Å². The maximum Gasteiger partial charge on any atom is 0.311 e. The minimum Gasteiger partial charge on any atom is -0.452 e. The molecule has 4 heteroatoms. The summed E-state index contributed by atoms with van der Waals surface area (Å²) >= 11 is 0. The molecule has 0 saturated carbocycles. The van der Waals surface area contributed by atoms with Gasteiger partial charge in [-0.1, -0.05) is 35.9 Å². The van der Waals surface area contributed by atoms with Gasteiger partial charge in [0.25, 0.3) is 5.91 Å². The summed E-state index contributed by atoms with van der Waals surface area (Å²) < 4.78 is 5.34. The number of ether oxygens (including phenoxy) is 1. The highest BCUT2D eigenvalue weighted by molar-refractivity contribution is 5.95. The van der Waals surface area contributed by atoms with E-state index in [0.717, 1.165) is 35.2 Å². The van der Waals surface area contributed by atoms with E-state index >= 15 is 0 Å². The van der Waals surface area contributed by atoms with Crippen molar-refractivity contribution in [2.24, 2.45) is 0 Å². The molecule has 142 valence electrons. The molecule has 27 heavy (non-hydrogen) atoms. The van der Waals surface area contributed by atoms with Crippen molar-refractivity contribution in [2.45, 2.75) is 59.0 Å². The molecule has 0 bridgehead atoms. The van der Waals surface area contributed by atoms with Gasteiger partial charge >= 0.3 is 5.97 Å². The molecule has 4 nitrogen and oxygen atoms in total. The highest BCUT2D eigenvalue weighted by Crippen LogP contribution is 2.22. The number of anilines is 1. The van der Waals surface area contributed by atoms with Gasteiger partial charge in [0.05, 0.1) is 6.42 Å². The molecule has 2 aromatic rings. The Morgan fingerprint density at radius 3 is 2.52 bits per heavy atom. The molecule has 1 atom stereocenters. The zero-order valence-electron chi connectivity index (χ0n) is 16.3. The second-order valence-electron chi connectivity index (χ2n) is 7.43. The molecule has 1 aliphatic rings. The van der Waals surface area contributed by atoms with Crippen molar-refractivity contribution in [3.8, 4) is 0 Å². The molecular formula is C23H27NO3. The summed E-state index contributed by atoms with van der Waals surface area (Å²) in [6.07, 6.45) is 3.99. The lowest BCUT2D eigenvalue weighted by Gasteiger charge is -2.17. The predicted octanol–water partition coefficient (Wildman–Crippen LogP) is 4.30. The Hall–Kier alpha value is -2.62. The number of benzene rings is 2. The van der Waals surface area contributed by atoms with E-state index in [9.17, 15) is 9.59 Å². The molecule has 0 unspecified atom stereocenters. The fourth-order valence-electron chi connectivity index (χ4n) is 3.54. The van der Waals surface area contributed by atoms with Gasteiger partial charge in [-0.15, -0.1) is 0 Å². The quantitative estimate of drug-likeness (QED) is 0.804. The zero-order chi connectivity index (χ0) is 19.4. The SMILES string of the molecule is Cc1ccc(NC(=O)[C@@H](C)OC(=O)Cc2ccc3c(c2)CCCC3)c(C)c1. The molecular weight excluding hydrogens is 338 g/mol. The van der Waals surface area contributed by atoms with Crippen LogP contribution in [0.3, 0.4) is 0 Å². The van der Waals surface area contributed by atoms with Crippen LogP contribution in [0.25, 0.3) is 0 Å². The highest BCUT2D eigenvalue weighted by atomic mass is 16.5. The third-order valence-corrected chi connectivity index (χ3v) is 5.08. The van der Waals surface area contributed by atoms with Gasteiger partial charge in [-0.05, 0) is 74.8 Å². The standard InChI is InChI=1S/C23H27NO3/c1-15-8-11-21(16(2)12-15)24-23(26)17(3)27-22(25)14-18-9-10-19-6-4-5-7-20(19)13-18/h8-13,17H,4-7,14H2,1-3H3,(H,24,26)/t17-/m1/s1. The average Bonchev–Trinajstić information content (AvgIpc) is 2.63. The van der Waals surface area contributed by atoms with Gasteiger partial charge in [0.2, 0.25) is 0 Å². The summed E-state index contributed by atoms with van der Waals surface area (Å²) in [6.45, 7) is 5.54. The second kappa shape index (κ2) is 8.38. The Morgan fingerprint density at radius 2 is 1.78 bits per heavy atom. The Kier molecular flexibility index (Phi) is 5.94. The molecule has 0 radical (unpaired) electrons. The fraction of sp³-hybridized carbons (Fsp3) is 0.391. The third-order valence-electron chi connectivity index (χ3n) is 5.08. The first-order valence-electron chi connectivity index (χ1n) is 9.60. The fourth-order valence-corrected chi connectivity index (χ4v) is 3.54. The van der Waals surface area contributed by atoms with Crippen molar-refractivity contribution < 1.29 is 14.3 Å². The van der Waals surface area contributed by atoms with Crippen LogP contribution in [0.2, 0.25) is 0 Å². The van der Waals surface area contributed by atoms with Crippen LogP contribution in [0.1, 0.15) is 47.6 Å². The Labute approximate surface area is 160 Å². The lowest BCUT2D eigenvalue weighted by Crippen LogP contribution is -2.30. The van der Waals surface area contributed by atoms with Crippen LogP contribution in [0.4, 0.5) is 5.69 Å². The number of amides is 1. The predicted molar refractivity (Wildman–Crippen MR) is 107 cm³/mol. The van der Waals surface area contributed by atoms with Gasteiger partial charge in [-0.25, -0.2) is 0 Å². The van der Waals surface area contributed by atoms with Crippen molar-refractivity contribution >= 4 is 17.6 Å². The number of fused-ring (bicyclic) bond motifs is 1. The van der Waals surface area contributed by atoms with E-state index in [1.54, 1.807) is 6.92 Å². The summed E-state index contributed by atoms with van der Waals surface area (Å²) in [4.78, 5) is 24.6. The molecule has 1 N–H and O–H groups in total. The number of nitrogens with one attached hydrogen (secondary N) is 1. The van der Waals surface area contributed by atoms with E-state index in [4.69, 9.17) is 4.74 Å². The lowest BCUT2D eigenvalue weighted by atomic mass is 9.90. The Bertz CT molecular complexity index is 857. The van der Waals surface area contributed by atoms with Crippen LogP contribution in [0.5, 0.6) is 0 Å². The minimum atomic E-state index is -0.837. The normalized spacial score (nSPS) is 14.2.